The first-order valence-electron chi connectivity index (χ1n) is 7.38. The van der Waals surface area contributed by atoms with E-state index in [0.29, 0.717) is 0 Å². The van der Waals surface area contributed by atoms with Gasteiger partial charge in [-0.05, 0) is 40.8 Å². The van der Waals surface area contributed by atoms with E-state index in [1.807, 2.05) is 0 Å². The Morgan fingerprint density at radius 3 is 2.41 bits per heavy atom. The highest BCUT2D eigenvalue weighted by Crippen LogP contribution is 2.31. The van der Waals surface area contributed by atoms with E-state index < -0.39 is 34.1 Å². The molecule has 27 heavy (non-hydrogen) atoms. The summed E-state index contributed by atoms with van der Waals surface area (Å²) < 4.78 is 67.1. The lowest BCUT2D eigenvalue weighted by atomic mass is 10.2. The van der Waals surface area contributed by atoms with Gasteiger partial charge in [-0.15, -0.1) is 13.2 Å². The number of carbonyl (C=O) groups is 2. The Balaban J connectivity index is 2.35. The molecule has 2 rings (SSSR count). The number of carboxylic acids is 1. The van der Waals surface area contributed by atoms with Gasteiger partial charge >= 0.3 is 12.3 Å². The van der Waals surface area contributed by atoms with E-state index in [1.54, 1.807) is 0 Å². The van der Waals surface area contributed by atoms with Crippen LogP contribution in [-0.2, 0) is 19.6 Å². The van der Waals surface area contributed by atoms with E-state index >= 15 is 0 Å². The molecule has 0 aliphatic carbocycles. The summed E-state index contributed by atoms with van der Waals surface area (Å²) in [6.45, 7) is 0.669. The molecule has 0 aromatic heterocycles. The molecule has 150 valence electrons. The molecule has 1 saturated heterocycles. The van der Waals surface area contributed by atoms with E-state index in [4.69, 9.17) is 0 Å². The third kappa shape index (κ3) is 5.01. The van der Waals surface area contributed by atoms with Crippen molar-refractivity contribution in [2.45, 2.75) is 24.2 Å². The number of amides is 1. The minimum atomic E-state index is -4.93. The molecule has 1 aliphatic heterocycles. The van der Waals surface area contributed by atoms with E-state index in [1.165, 1.54) is 34.4 Å². The monoisotopic (exact) mass is 522 g/mol. The lowest BCUT2D eigenvalue weighted by molar-refractivity contribution is -0.275. The van der Waals surface area contributed by atoms with Crippen molar-refractivity contribution in [2.75, 3.05) is 19.6 Å². The second kappa shape index (κ2) is 7.79. The van der Waals surface area contributed by atoms with E-state index in [0.717, 1.165) is 22.5 Å². The smallest absolute Gasteiger partial charge is 0.480 e. The van der Waals surface area contributed by atoms with Crippen molar-refractivity contribution >= 4 is 44.5 Å². The third-order valence-electron chi connectivity index (χ3n) is 3.80. The van der Waals surface area contributed by atoms with Crippen LogP contribution in [0.2, 0.25) is 0 Å². The first kappa shape index (κ1) is 21.7. The van der Waals surface area contributed by atoms with Gasteiger partial charge in [-0.2, -0.15) is 4.31 Å². The van der Waals surface area contributed by atoms with Crippen molar-refractivity contribution < 1.29 is 41.0 Å². The molecule has 0 spiro atoms. The zero-order valence-corrected chi connectivity index (χ0v) is 16.7. The number of hydrogen-bond donors (Lipinski definition) is 1. The van der Waals surface area contributed by atoms with Crippen molar-refractivity contribution in [1.82, 2.24) is 9.21 Å². The van der Waals surface area contributed by atoms with E-state index in [2.05, 4.69) is 4.74 Å². The second-order valence-electron chi connectivity index (χ2n) is 5.57. The van der Waals surface area contributed by atoms with Crippen molar-refractivity contribution in [2.24, 2.45) is 0 Å². The number of carbonyl (C=O) groups excluding carboxylic acids is 1. The average Bonchev–Trinajstić information content (AvgIpc) is 2.54. The van der Waals surface area contributed by atoms with Gasteiger partial charge in [0.2, 0.25) is 15.9 Å². The van der Waals surface area contributed by atoms with Crippen LogP contribution in [0.15, 0.2) is 23.1 Å². The maximum atomic E-state index is 12.8. The second-order valence-corrected chi connectivity index (χ2v) is 8.63. The molecule has 0 saturated carbocycles. The van der Waals surface area contributed by atoms with Crippen LogP contribution < -0.4 is 4.74 Å². The summed E-state index contributed by atoms with van der Waals surface area (Å²) in [4.78, 5) is 23.8. The fourth-order valence-electron chi connectivity index (χ4n) is 2.53. The number of rotatable bonds is 4. The summed E-state index contributed by atoms with van der Waals surface area (Å²) in [5.74, 6) is -2.39. The third-order valence-corrected chi connectivity index (χ3v) is 6.54. The fourth-order valence-corrected chi connectivity index (χ4v) is 4.95. The molecule has 1 atom stereocenters. The highest BCUT2D eigenvalue weighted by molar-refractivity contribution is 14.1. The van der Waals surface area contributed by atoms with Gasteiger partial charge in [0, 0.05) is 26.6 Å². The number of halogens is 4. The molecule has 0 unspecified atom stereocenters. The Morgan fingerprint density at radius 2 is 1.93 bits per heavy atom. The zero-order chi connectivity index (χ0) is 20.6. The number of ether oxygens (including phenoxy) is 1. The SMILES string of the molecule is CC(=O)N1CCN(S(=O)(=O)c2ccc(OC(F)(F)F)c(I)c2)[C@@H](C(=O)O)C1. The predicted molar refractivity (Wildman–Crippen MR) is 93.4 cm³/mol. The lowest BCUT2D eigenvalue weighted by Gasteiger charge is -2.38. The Hall–Kier alpha value is -1.61. The molecule has 1 fully saturated rings. The number of carboxylic acid groups (broad SMARTS) is 1. The average molecular weight is 522 g/mol. The van der Waals surface area contributed by atoms with Gasteiger partial charge < -0.3 is 14.7 Å². The number of piperazine rings is 1. The Morgan fingerprint density at radius 1 is 1.30 bits per heavy atom. The molecule has 13 heteroatoms. The van der Waals surface area contributed by atoms with Crippen LogP contribution in [0.5, 0.6) is 5.75 Å². The van der Waals surface area contributed by atoms with Crippen LogP contribution in [0.1, 0.15) is 6.92 Å². The summed E-state index contributed by atoms with van der Waals surface area (Å²) >= 11 is 1.49. The van der Waals surface area contributed by atoms with Crippen LogP contribution in [0.3, 0.4) is 0 Å². The molecule has 1 aliphatic rings. The lowest BCUT2D eigenvalue weighted by Crippen LogP contribution is -2.58. The normalized spacial score (nSPS) is 19.0. The molecular weight excluding hydrogens is 508 g/mol. The molecule has 1 aromatic carbocycles. The summed E-state index contributed by atoms with van der Waals surface area (Å²) in [7, 11) is -4.32. The molecular formula is C14H14F3IN2O6S. The number of nitrogens with zero attached hydrogens (tertiary/aromatic N) is 2. The van der Waals surface area contributed by atoms with Gasteiger partial charge in [0.15, 0.2) is 0 Å². The van der Waals surface area contributed by atoms with Crippen LogP contribution >= 0.6 is 22.6 Å². The molecule has 1 N–H and O–H groups in total. The summed E-state index contributed by atoms with van der Waals surface area (Å²) in [6, 6.07) is 1.22. The zero-order valence-electron chi connectivity index (χ0n) is 13.7. The van der Waals surface area contributed by atoms with E-state index in [9.17, 15) is 36.3 Å². The Kier molecular flexibility index (Phi) is 6.26. The van der Waals surface area contributed by atoms with Gasteiger partial charge in [0.1, 0.15) is 11.8 Å². The number of hydrogen-bond acceptors (Lipinski definition) is 5. The Bertz CT molecular complexity index is 861. The topological polar surface area (TPSA) is 104 Å². The van der Waals surface area contributed by atoms with Crippen LogP contribution in [0, 0.1) is 3.57 Å². The van der Waals surface area contributed by atoms with Crippen LogP contribution in [-0.4, -0.2) is 66.6 Å². The van der Waals surface area contributed by atoms with Crippen LogP contribution in [0.25, 0.3) is 0 Å². The minimum absolute atomic E-state index is 0.00467. The van der Waals surface area contributed by atoms with Crippen molar-refractivity contribution in [1.29, 1.82) is 0 Å². The molecule has 0 radical (unpaired) electrons. The van der Waals surface area contributed by atoms with Gasteiger partial charge in [-0.1, -0.05) is 0 Å². The quantitative estimate of drug-likeness (QED) is 0.602. The van der Waals surface area contributed by atoms with E-state index in [-0.39, 0.29) is 34.0 Å². The standard InChI is InChI=1S/C14H14F3IN2O6S/c1-8(21)19-4-5-20(11(7-19)13(22)23)27(24,25)9-2-3-12(10(18)6-9)26-14(15,16)17/h2-3,6,11H,4-5,7H2,1H3,(H,22,23)/t11-/m1/s1. The van der Waals surface area contributed by atoms with Crippen molar-refractivity contribution in [3.8, 4) is 5.75 Å². The summed E-state index contributed by atoms with van der Waals surface area (Å²) in [6.07, 6.45) is -4.93. The van der Waals surface area contributed by atoms with Gasteiger partial charge in [-0.25, -0.2) is 8.42 Å². The highest BCUT2D eigenvalue weighted by atomic mass is 127. The number of alkyl halides is 3. The summed E-state index contributed by atoms with van der Waals surface area (Å²) in [5.41, 5.74) is 0. The maximum Gasteiger partial charge on any atom is 0.573 e. The van der Waals surface area contributed by atoms with Gasteiger partial charge in [0.25, 0.3) is 0 Å². The van der Waals surface area contributed by atoms with Crippen molar-refractivity contribution in [3.63, 3.8) is 0 Å². The minimum Gasteiger partial charge on any atom is -0.480 e. The number of sulfonamides is 1. The fraction of sp³-hybridized carbons (Fsp3) is 0.429. The summed E-state index contributed by atoms with van der Waals surface area (Å²) in [5, 5.41) is 9.35. The largest absolute Gasteiger partial charge is 0.573 e. The maximum absolute atomic E-state index is 12.8. The molecule has 8 nitrogen and oxygen atoms in total. The van der Waals surface area contributed by atoms with Gasteiger partial charge in [-0.3, -0.25) is 9.59 Å². The van der Waals surface area contributed by atoms with Crippen molar-refractivity contribution in [3.05, 3.63) is 21.8 Å². The molecule has 0 bridgehead atoms. The first-order chi connectivity index (χ1) is 12.3. The molecule has 1 heterocycles. The van der Waals surface area contributed by atoms with Gasteiger partial charge in [0.05, 0.1) is 8.47 Å². The Labute approximate surface area is 166 Å². The predicted octanol–water partition coefficient (Wildman–Crippen LogP) is 1.50. The number of benzene rings is 1. The van der Waals surface area contributed by atoms with Crippen LogP contribution in [0.4, 0.5) is 13.2 Å². The molecule has 1 aromatic rings. The first-order valence-corrected chi connectivity index (χ1v) is 9.90. The molecule has 1 amide bonds. The number of aliphatic carboxylic acids is 1. The highest BCUT2D eigenvalue weighted by Gasteiger charge is 2.41.